The summed E-state index contributed by atoms with van der Waals surface area (Å²) >= 11 is 0. The summed E-state index contributed by atoms with van der Waals surface area (Å²) in [6.45, 7) is 7.83. The van der Waals surface area contributed by atoms with Gasteiger partial charge in [0.1, 0.15) is 11.4 Å². The minimum atomic E-state index is -0.844. The van der Waals surface area contributed by atoms with Crippen LogP contribution in [0.4, 0.5) is 4.79 Å². The van der Waals surface area contributed by atoms with Gasteiger partial charge in [0.2, 0.25) is 0 Å². The number of ether oxygens (including phenoxy) is 1. The molecule has 2 fully saturated rings. The van der Waals surface area contributed by atoms with Crippen LogP contribution in [0.25, 0.3) is 0 Å². The van der Waals surface area contributed by atoms with Crippen molar-refractivity contribution in [1.82, 2.24) is 10.2 Å². The molecular formula is C28H40N2O3. The van der Waals surface area contributed by atoms with Crippen LogP contribution < -0.4 is 10.1 Å². The van der Waals surface area contributed by atoms with E-state index in [4.69, 9.17) is 4.74 Å². The Morgan fingerprint density at radius 3 is 2.88 bits per heavy atom. The number of fused-ring (bicyclic) bond motifs is 3. The van der Waals surface area contributed by atoms with Gasteiger partial charge in [0.15, 0.2) is 0 Å². The number of hydrogen-bond donors (Lipinski definition) is 2. The molecule has 0 aromatic heterocycles. The Morgan fingerprint density at radius 2 is 2.12 bits per heavy atom. The van der Waals surface area contributed by atoms with Crippen LogP contribution in [0.1, 0.15) is 82.8 Å². The van der Waals surface area contributed by atoms with Gasteiger partial charge in [0, 0.05) is 13.1 Å². The van der Waals surface area contributed by atoms with E-state index in [0.717, 1.165) is 58.2 Å². The number of aliphatic hydroxyl groups is 1. The van der Waals surface area contributed by atoms with Crippen molar-refractivity contribution in [2.45, 2.75) is 89.1 Å². The van der Waals surface area contributed by atoms with Crippen molar-refractivity contribution >= 4 is 6.09 Å². The number of aryl methyl sites for hydroxylation is 1. The zero-order valence-corrected chi connectivity index (χ0v) is 20.4. The summed E-state index contributed by atoms with van der Waals surface area (Å²) in [5, 5.41) is 13.9. The molecule has 1 aliphatic heterocycles. The van der Waals surface area contributed by atoms with E-state index in [2.05, 4.69) is 41.1 Å². The molecule has 180 valence electrons. The summed E-state index contributed by atoms with van der Waals surface area (Å²) in [5.74, 6) is 7.11. The summed E-state index contributed by atoms with van der Waals surface area (Å²) in [5.41, 5.74) is 1.96. The standard InChI is InChI=1S/C28H40N2O3/c1-3-5-13-28-15-14-27(32,12-4-2)21-23(28)9-8-22-20-24(10-11-25(22)28)33-26(31)29-16-19-30-17-6-7-18-30/h10-11,20,23,32H,3,5-9,13-19,21H2,1-2H3,(H,29,31)/t23-,27+,28-/m0/s1. The number of carbonyl (C=O) groups is 1. The van der Waals surface area contributed by atoms with E-state index in [-0.39, 0.29) is 11.5 Å². The van der Waals surface area contributed by atoms with Crippen LogP contribution in [0.2, 0.25) is 0 Å². The molecule has 2 N–H and O–H groups in total. The summed E-state index contributed by atoms with van der Waals surface area (Å²) in [6, 6.07) is 6.23. The molecule has 3 aliphatic rings. The maximum atomic E-state index is 12.3. The summed E-state index contributed by atoms with van der Waals surface area (Å²) in [4.78, 5) is 14.7. The lowest BCUT2D eigenvalue weighted by atomic mass is 9.53. The second-order valence-electron chi connectivity index (χ2n) is 10.3. The minimum Gasteiger partial charge on any atom is -0.410 e. The average molecular weight is 453 g/mol. The van der Waals surface area contributed by atoms with Crippen LogP contribution in [0, 0.1) is 17.8 Å². The van der Waals surface area contributed by atoms with E-state index >= 15 is 0 Å². The number of hydrogen-bond acceptors (Lipinski definition) is 4. The first-order valence-electron chi connectivity index (χ1n) is 13.0. The Kier molecular flexibility index (Phi) is 7.66. The van der Waals surface area contributed by atoms with Gasteiger partial charge >= 0.3 is 6.09 Å². The molecule has 1 aromatic rings. The summed E-state index contributed by atoms with van der Waals surface area (Å²) < 4.78 is 5.63. The van der Waals surface area contributed by atoms with Crippen molar-refractivity contribution < 1.29 is 14.6 Å². The molecule has 1 saturated carbocycles. The molecule has 1 amide bonds. The Hall–Kier alpha value is -2.03. The van der Waals surface area contributed by atoms with Gasteiger partial charge in [-0.2, -0.15) is 0 Å². The highest BCUT2D eigenvalue weighted by Gasteiger charge is 2.50. The highest BCUT2D eigenvalue weighted by Crippen LogP contribution is 2.55. The molecular weight excluding hydrogens is 412 g/mol. The fourth-order valence-electron chi connectivity index (χ4n) is 6.50. The fourth-order valence-corrected chi connectivity index (χ4v) is 6.50. The minimum absolute atomic E-state index is 0.0990. The van der Waals surface area contributed by atoms with E-state index in [9.17, 15) is 9.90 Å². The molecule has 33 heavy (non-hydrogen) atoms. The van der Waals surface area contributed by atoms with Crippen molar-refractivity contribution in [2.24, 2.45) is 5.92 Å². The van der Waals surface area contributed by atoms with Crippen LogP contribution in [0.15, 0.2) is 18.2 Å². The van der Waals surface area contributed by atoms with E-state index in [0.29, 0.717) is 18.2 Å². The number of nitrogens with one attached hydrogen (secondary N) is 1. The molecule has 3 atom stereocenters. The first kappa shape index (κ1) is 24.1. The SMILES string of the molecule is CC#C[C@@]1(O)CC[C@]2(CCCC)c3ccc(OC(=O)NCCN4CCCC4)cc3CC[C@H]2C1. The lowest BCUT2D eigenvalue weighted by Gasteiger charge is -2.52. The third kappa shape index (κ3) is 5.39. The van der Waals surface area contributed by atoms with Gasteiger partial charge in [-0.15, -0.1) is 5.92 Å². The Bertz CT molecular complexity index is 898. The molecule has 1 saturated heterocycles. The van der Waals surface area contributed by atoms with E-state index in [1.807, 2.05) is 13.0 Å². The van der Waals surface area contributed by atoms with Crippen molar-refractivity contribution in [2.75, 3.05) is 26.2 Å². The van der Waals surface area contributed by atoms with Crippen LogP contribution in [0.3, 0.4) is 0 Å². The predicted molar refractivity (Wildman–Crippen MR) is 131 cm³/mol. The predicted octanol–water partition coefficient (Wildman–Crippen LogP) is 4.80. The summed E-state index contributed by atoms with van der Waals surface area (Å²) in [7, 11) is 0. The van der Waals surface area contributed by atoms with E-state index in [1.165, 1.54) is 36.8 Å². The second kappa shape index (κ2) is 10.5. The molecule has 5 nitrogen and oxygen atoms in total. The lowest BCUT2D eigenvalue weighted by Crippen LogP contribution is -2.49. The first-order chi connectivity index (χ1) is 16.0. The van der Waals surface area contributed by atoms with Gasteiger partial charge in [-0.1, -0.05) is 31.8 Å². The Morgan fingerprint density at radius 1 is 1.30 bits per heavy atom. The van der Waals surface area contributed by atoms with Crippen molar-refractivity contribution in [3.8, 4) is 17.6 Å². The largest absolute Gasteiger partial charge is 0.412 e. The zero-order valence-electron chi connectivity index (χ0n) is 20.4. The van der Waals surface area contributed by atoms with Gasteiger partial charge in [-0.05, 0) is 106 Å². The average Bonchev–Trinajstić information content (AvgIpc) is 3.31. The number of amides is 1. The zero-order chi connectivity index (χ0) is 23.3. The first-order valence-corrected chi connectivity index (χ1v) is 13.0. The molecule has 4 rings (SSSR count). The monoisotopic (exact) mass is 452 g/mol. The van der Waals surface area contributed by atoms with Gasteiger partial charge in [-0.3, -0.25) is 0 Å². The van der Waals surface area contributed by atoms with Crippen LogP contribution in [0.5, 0.6) is 5.75 Å². The molecule has 0 spiro atoms. The maximum absolute atomic E-state index is 12.3. The number of rotatable bonds is 7. The van der Waals surface area contributed by atoms with Crippen LogP contribution >= 0.6 is 0 Å². The van der Waals surface area contributed by atoms with Crippen molar-refractivity contribution in [3.63, 3.8) is 0 Å². The highest BCUT2D eigenvalue weighted by atomic mass is 16.6. The Balaban J connectivity index is 1.45. The summed E-state index contributed by atoms with van der Waals surface area (Å²) in [6.07, 6.45) is 10.1. The molecule has 0 unspecified atom stereocenters. The third-order valence-electron chi connectivity index (χ3n) is 8.17. The second-order valence-corrected chi connectivity index (χ2v) is 10.3. The van der Waals surface area contributed by atoms with Crippen molar-refractivity contribution in [1.29, 1.82) is 0 Å². The maximum Gasteiger partial charge on any atom is 0.412 e. The van der Waals surface area contributed by atoms with Crippen LogP contribution in [-0.4, -0.2) is 47.9 Å². The number of likely N-dealkylation sites (tertiary alicyclic amines) is 1. The fraction of sp³-hybridized carbons (Fsp3) is 0.679. The molecule has 5 heteroatoms. The number of unbranched alkanes of at least 4 members (excludes halogenated alkanes) is 1. The third-order valence-corrected chi connectivity index (χ3v) is 8.17. The van der Waals surface area contributed by atoms with Gasteiger partial charge < -0.3 is 20.1 Å². The molecule has 0 bridgehead atoms. The number of benzene rings is 1. The van der Waals surface area contributed by atoms with Gasteiger partial charge in [-0.25, -0.2) is 4.79 Å². The quantitative estimate of drug-likeness (QED) is 0.584. The lowest BCUT2D eigenvalue weighted by molar-refractivity contribution is -0.0113. The molecule has 2 aliphatic carbocycles. The van der Waals surface area contributed by atoms with Gasteiger partial charge in [0.25, 0.3) is 0 Å². The van der Waals surface area contributed by atoms with E-state index in [1.54, 1.807) is 0 Å². The number of nitrogens with zero attached hydrogens (tertiary/aromatic N) is 1. The van der Waals surface area contributed by atoms with Crippen LogP contribution in [-0.2, 0) is 11.8 Å². The van der Waals surface area contributed by atoms with Crippen molar-refractivity contribution in [3.05, 3.63) is 29.3 Å². The highest BCUT2D eigenvalue weighted by molar-refractivity contribution is 5.70. The molecule has 0 radical (unpaired) electrons. The molecule has 1 aromatic carbocycles. The van der Waals surface area contributed by atoms with Gasteiger partial charge in [0.05, 0.1) is 0 Å². The van der Waals surface area contributed by atoms with E-state index < -0.39 is 5.60 Å². The smallest absolute Gasteiger partial charge is 0.410 e. The Labute approximate surface area is 199 Å². The topological polar surface area (TPSA) is 61.8 Å². The normalized spacial score (nSPS) is 28.9. The molecule has 1 heterocycles. The number of carbonyl (C=O) groups excluding carboxylic acids is 1.